The van der Waals surface area contributed by atoms with E-state index in [1.165, 1.54) is 11.1 Å². The lowest BCUT2D eigenvalue weighted by Crippen LogP contribution is -2.41. The van der Waals surface area contributed by atoms with Crippen molar-refractivity contribution in [2.45, 2.75) is 25.9 Å². The van der Waals surface area contributed by atoms with Gasteiger partial charge in [-0.3, -0.25) is 9.69 Å². The lowest BCUT2D eigenvalue weighted by atomic mass is 10.1. The minimum absolute atomic E-state index is 0.0697. The highest BCUT2D eigenvalue weighted by Crippen LogP contribution is 2.12. The first-order valence-corrected chi connectivity index (χ1v) is 8.91. The Bertz CT molecular complexity index is 613. The van der Waals surface area contributed by atoms with Crippen LogP contribution < -0.4 is 5.32 Å². The van der Waals surface area contributed by atoms with Crippen LogP contribution in [0.3, 0.4) is 0 Å². The molecule has 1 N–H and O–H groups in total. The number of aryl methyl sites for hydroxylation is 1. The van der Waals surface area contributed by atoms with Crippen molar-refractivity contribution in [2.24, 2.45) is 0 Å². The molecule has 1 atom stereocenters. The number of nitrogens with one attached hydrogen (secondary N) is 1. The minimum atomic E-state index is -2.95. The SMILES string of the molecule is Cc1ccccc1CN(C)CC(=O)N[C@H]1CCS(=O)(=O)C1. The molecule has 0 unspecified atom stereocenters. The lowest BCUT2D eigenvalue weighted by Gasteiger charge is -2.19. The van der Waals surface area contributed by atoms with Crippen molar-refractivity contribution in [1.82, 2.24) is 10.2 Å². The van der Waals surface area contributed by atoms with Crippen LogP contribution >= 0.6 is 0 Å². The van der Waals surface area contributed by atoms with Crippen molar-refractivity contribution in [3.05, 3.63) is 35.4 Å². The van der Waals surface area contributed by atoms with E-state index in [1.54, 1.807) is 0 Å². The fraction of sp³-hybridized carbons (Fsp3) is 0.533. The molecule has 0 bridgehead atoms. The Labute approximate surface area is 126 Å². The molecule has 0 aliphatic carbocycles. The first-order valence-electron chi connectivity index (χ1n) is 7.08. The third-order valence-corrected chi connectivity index (χ3v) is 5.48. The largest absolute Gasteiger partial charge is 0.351 e. The molecule has 21 heavy (non-hydrogen) atoms. The van der Waals surface area contributed by atoms with Gasteiger partial charge in [0.15, 0.2) is 9.84 Å². The van der Waals surface area contributed by atoms with Crippen LogP contribution in [-0.2, 0) is 21.2 Å². The highest BCUT2D eigenvalue weighted by atomic mass is 32.2. The van der Waals surface area contributed by atoms with E-state index in [0.29, 0.717) is 13.0 Å². The van der Waals surface area contributed by atoms with Crippen LogP contribution in [0.2, 0.25) is 0 Å². The molecule has 1 fully saturated rings. The Morgan fingerprint density at radius 3 is 2.71 bits per heavy atom. The Morgan fingerprint density at radius 2 is 2.10 bits per heavy atom. The molecule has 2 rings (SSSR count). The van der Waals surface area contributed by atoms with E-state index in [2.05, 4.69) is 5.32 Å². The van der Waals surface area contributed by atoms with Gasteiger partial charge in [-0.2, -0.15) is 0 Å². The van der Waals surface area contributed by atoms with Crippen LogP contribution in [0.25, 0.3) is 0 Å². The highest BCUT2D eigenvalue weighted by molar-refractivity contribution is 7.91. The van der Waals surface area contributed by atoms with E-state index in [4.69, 9.17) is 0 Å². The summed E-state index contributed by atoms with van der Waals surface area (Å²) >= 11 is 0. The maximum absolute atomic E-state index is 11.9. The summed E-state index contributed by atoms with van der Waals surface area (Å²) in [6.07, 6.45) is 0.523. The highest BCUT2D eigenvalue weighted by Gasteiger charge is 2.28. The molecule has 1 aromatic rings. The molecule has 1 aromatic carbocycles. The topological polar surface area (TPSA) is 66.5 Å². The standard InChI is InChI=1S/C15H22N2O3S/c1-12-5-3-4-6-13(12)9-17(2)10-15(18)16-14-7-8-21(19,20)11-14/h3-6,14H,7-11H2,1-2H3,(H,16,18)/t14-/m0/s1. The summed E-state index contributed by atoms with van der Waals surface area (Å²) in [5.74, 6) is 0.130. The number of hydrogen-bond donors (Lipinski definition) is 1. The van der Waals surface area contributed by atoms with Crippen molar-refractivity contribution >= 4 is 15.7 Å². The first-order chi connectivity index (χ1) is 9.85. The molecule has 0 aromatic heterocycles. The summed E-state index contributed by atoms with van der Waals surface area (Å²) in [6, 6.07) is 7.85. The molecule has 116 valence electrons. The average molecular weight is 310 g/mol. The number of benzene rings is 1. The second-order valence-electron chi connectivity index (χ2n) is 5.77. The second-order valence-corrected chi connectivity index (χ2v) is 7.99. The summed E-state index contributed by atoms with van der Waals surface area (Å²) in [5, 5.41) is 2.81. The lowest BCUT2D eigenvalue weighted by molar-refractivity contribution is -0.122. The van der Waals surface area contributed by atoms with Gasteiger partial charge in [-0.05, 0) is 31.5 Å². The fourth-order valence-corrected chi connectivity index (χ4v) is 4.23. The molecule has 1 heterocycles. The van der Waals surface area contributed by atoms with E-state index in [-0.39, 0.29) is 30.0 Å². The molecule has 1 amide bonds. The second kappa shape index (κ2) is 6.58. The first kappa shape index (κ1) is 16.0. The minimum Gasteiger partial charge on any atom is -0.351 e. The molecular weight excluding hydrogens is 288 g/mol. The molecule has 0 radical (unpaired) electrons. The van der Waals surface area contributed by atoms with Crippen LogP contribution in [0.15, 0.2) is 24.3 Å². The third kappa shape index (κ3) is 4.82. The van der Waals surface area contributed by atoms with Gasteiger partial charge in [0.2, 0.25) is 5.91 Å². The number of hydrogen-bond acceptors (Lipinski definition) is 4. The molecular formula is C15H22N2O3S. The number of amides is 1. The van der Waals surface area contributed by atoms with Gasteiger partial charge in [-0.1, -0.05) is 24.3 Å². The van der Waals surface area contributed by atoms with Crippen molar-refractivity contribution < 1.29 is 13.2 Å². The van der Waals surface area contributed by atoms with E-state index in [1.807, 2.05) is 43.1 Å². The fourth-order valence-electron chi connectivity index (χ4n) is 2.56. The molecule has 0 spiro atoms. The summed E-state index contributed by atoms with van der Waals surface area (Å²) < 4.78 is 22.7. The zero-order valence-electron chi connectivity index (χ0n) is 12.5. The number of nitrogens with zero attached hydrogens (tertiary/aromatic N) is 1. The van der Waals surface area contributed by atoms with Crippen molar-refractivity contribution in [3.63, 3.8) is 0 Å². The van der Waals surface area contributed by atoms with Crippen LogP contribution in [0.5, 0.6) is 0 Å². The number of sulfone groups is 1. The molecule has 1 saturated heterocycles. The van der Waals surface area contributed by atoms with E-state index in [9.17, 15) is 13.2 Å². The summed E-state index contributed by atoms with van der Waals surface area (Å²) in [6.45, 7) is 3.01. The van der Waals surface area contributed by atoms with Gasteiger partial charge >= 0.3 is 0 Å². The normalized spacial score (nSPS) is 20.6. The smallest absolute Gasteiger partial charge is 0.234 e. The van der Waals surface area contributed by atoms with Crippen molar-refractivity contribution in [1.29, 1.82) is 0 Å². The summed E-state index contributed by atoms with van der Waals surface area (Å²) in [7, 11) is -1.07. The van der Waals surface area contributed by atoms with Gasteiger partial charge in [0, 0.05) is 12.6 Å². The average Bonchev–Trinajstić information content (AvgIpc) is 2.71. The van der Waals surface area contributed by atoms with Crippen molar-refractivity contribution in [2.75, 3.05) is 25.1 Å². The van der Waals surface area contributed by atoms with E-state index >= 15 is 0 Å². The predicted molar refractivity (Wildman–Crippen MR) is 82.7 cm³/mol. The Balaban J connectivity index is 1.81. The van der Waals surface area contributed by atoms with Crippen molar-refractivity contribution in [3.8, 4) is 0 Å². The van der Waals surface area contributed by atoms with Crippen LogP contribution in [0, 0.1) is 6.92 Å². The zero-order chi connectivity index (χ0) is 15.5. The number of likely N-dealkylation sites (N-methyl/N-ethyl adjacent to an activating group) is 1. The Morgan fingerprint density at radius 1 is 1.38 bits per heavy atom. The predicted octanol–water partition coefficient (Wildman–Crippen LogP) is 0.730. The van der Waals surface area contributed by atoms with Gasteiger partial charge in [-0.15, -0.1) is 0 Å². The molecule has 6 heteroatoms. The molecule has 0 saturated carbocycles. The van der Waals surface area contributed by atoms with Crippen LogP contribution in [0.1, 0.15) is 17.5 Å². The maximum atomic E-state index is 11.9. The number of carbonyl (C=O) groups is 1. The van der Waals surface area contributed by atoms with Gasteiger partial charge in [0.25, 0.3) is 0 Å². The molecule has 1 aliphatic heterocycles. The van der Waals surface area contributed by atoms with Gasteiger partial charge in [-0.25, -0.2) is 8.42 Å². The summed E-state index contributed by atoms with van der Waals surface area (Å²) in [4.78, 5) is 13.9. The summed E-state index contributed by atoms with van der Waals surface area (Å²) in [5.41, 5.74) is 2.39. The maximum Gasteiger partial charge on any atom is 0.234 e. The monoisotopic (exact) mass is 310 g/mol. The molecule has 1 aliphatic rings. The number of carbonyl (C=O) groups excluding carboxylic acids is 1. The number of rotatable bonds is 5. The van der Waals surface area contributed by atoms with Gasteiger partial charge in [0.05, 0.1) is 18.1 Å². The molecule has 5 nitrogen and oxygen atoms in total. The zero-order valence-corrected chi connectivity index (χ0v) is 13.3. The Hall–Kier alpha value is -1.40. The quantitative estimate of drug-likeness (QED) is 0.871. The van der Waals surface area contributed by atoms with E-state index in [0.717, 1.165) is 0 Å². The van der Waals surface area contributed by atoms with Gasteiger partial charge in [0.1, 0.15) is 0 Å². The van der Waals surface area contributed by atoms with Gasteiger partial charge < -0.3 is 5.32 Å². The third-order valence-electron chi connectivity index (χ3n) is 3.71. The van der Waals surface area contributed by atoms with Crippen LogP contribution in [-0.4, -0.2) is 50.4 Å². The Kier molecular flexibility index (Phi) is 5.00. The van der Waals surface area contributed by atoms with E-state index < -0.39 is 9.84 Å². The van der Waals surface area contributed by atoms with Crippen LogP contribution in [0.4, 0.5) is 0 Å².